The molecule has 0 spiro atoms. The van der Waals surface area contributed by atoms with Gasteiger partial charge in [0.1, 0.15) is 17.2 Å². The van der Waals surface area contributed by atoms with Gasteiger partial charge in [-0.15, -0.1) is 11.5 Å². The van der Waals surface area contributed by atoms with Crippen LogP contribution in [0.1, 0.15) is 11.1 Å². The van der Waals surface area contributed by atoms with E-state index in [0.29, 0.717) is 12.3 Å². The van der Waals surface area contributed by atoms with Crippen molar-refractivity contribution in [1.29, 1.82) is 0 Å². The van der Waals surface area contributed by atoms with Gasteiger partial charge in [-0.3, -0.25) is 0 Å². The quantitative estimate of drug-likeness (QED) is 0.232. The lowest BCUT2D eigenvalue weighted by atomic mass is 9.89. The summed E-state index contributed by atoms with van der Waals surface area (Å²) in [6, 6.07) is 38.4. The summed E-state index contributed by atoms with van der Waals surface area (Å²) in [6.07, 6.45) is 8.06. The lowest BCUT2D eigenvalue weighted by Gasteiger charge is -2.16. The second-order valence-corrected chi connectivity index (χ2v) is 8.77. The molecular formula is C33H23N3O. The van der Waals surface area contributed by atoms with E-state index in [1.54, 1.807) is 0 Å². The van der Waals surface area contributed by atoms with E-state index < -0.39 is 0 Å². The summed E-state index contributed by atoms with van der Waals surface area (Å²) in [7, 11) is 0. The Hall–Kier alpha value is -5.14. The SMILES string of the molecule is C#Cc1cc(Oc2ccccc2)cc(-c2cn(Cc3ccccc3)nn2)c1-c1cccc2ccccc12. The fourth-order valence-electron chi connectivity index (χ4n) is 4.62. The van der Waals surface area contributed by atoms with Crippen LogP contribution in [0.2, 0.25) is 0 Å². The molecule has 5 aromatic carbocycles. The van der Waals surface area contributed by atoms with Crippen LogP contribution in [0.3, 0.4) is 0 Å². The van der Waals surface area contributed by atoms with Crippen molar-refractivity contribution in [3.63, 3.8) is 0 Å². The molecule has 176 valence electrons. The molecule has 0 atom stereocenters. The van der Waals surface area contributed by atoms with Crippen LogP contribution in [0.4, 0.5) is 0 Å². The van der Waals surface area contributed by atoms with Crippen LogP contribution in [-0.2, 0) is 6.54 Å². The smallest absolute Gasteiger partial charge is 0.129 e. The molecule has 0 N–H and O–H groups in total. The van der Waals surface area contributed by atoms with Crippen molar-refractivity contribution >= 4 is 10.8 Å². The average Bonchev–Trinajstić information content (AvgIpc) is 3.42. The van der Waals surface area contributed by atoms with Crippen LogP contribution in [0.25, 0.3) is 33.2 Å². The summed E-state index contributed by atoms with van der Waals surface area (Å²) < 4.78 is 8.06. The van der Waals surface area contributed by atoms with Gasteiger partial charge in [0.2, 0.25) is 0 Å². The minimum Gasteiger partial charge on any atom is -0.457 e. The molecule has 0 radical (unpaired) electrons. The highest BCUT2D eigenvalue weighted by atomic mass is 16.5. The Morgan fingerprint density at radius 2 is 1.46 bits per heavy atom. The summed E-state index contributed by atoms with van der Waals surface area (Å²) in [6.45, 7) is 0.625. The predicted octanol–water partition coefficient (Wildman–Crippen LogP) is 7.59. The highest BCUT2D eigenvalue weighted by molar-refractivity contribution is 6.02. The van der Waals surface area contributed by atoms with Crippen molar-refractivity contribution in [1.82, 2.24) is 15.0 Å². The first kappa shape index (κ1) is 22.3. The summed E-state index contributed by atoms with van der Waals surface area (Å²) in [5.74, 6) is 4.29. The molecule has 0 aliphatic rings. The number of para-hydroxylation sites is 1. The summed E-state index contributed by atoms with van der Waals surface area (Å²) in [5, 5.41) is 11.3. The van der Waals surface area contributed by atoms with E-state index >= 15 is 0 Å². The average molecular weight is 478 g/mol. The zero-order valence-electron chi connectivity index (χ0n) is 20.1. The second kappa shape index (κ2) is 9.85. The van der Waals surface area contributed by atoms with Crippen molar-refractivity contribution in [3.8, 4) is 46.2 Å². The Bertz CT molecular complexity index is 1730. The van der Waals surface area contributed by atoms with Crippen molar-refractivity contribution < 1.29 is 4.74 Å². The monoisotopic (exact) mass is 477 g/mol. The van der Waals surface area contributed by atoms with E-state index in [9.17, 15) is 0 Å². The Morgan fingerprint density at radius 1 is 0.730 bits per heavy atom. The van der Waals surface area contributed by atoms with Crippen LogP contribution in [0, 0.1) is 12.3 Å². The fourth-order valence-corrected chi connectivity index (χ4v) is 4.62. The molecule has 0 fully saturated rings. The Balaban J connectivity index is 1.53. The third kappa shape index (κ3) is 4.59. The molecule has 6 rings (SSSR count). The maximum Gasteiger partial charge on any atom is 0.129 e. The number of ether oxygens (including phenoxy) is 1. The molecular weight excluding hydrogens is 454 g/mol. The molecule has 37 heavy (non-hydrogen) atoms. The molecule has 0 saturated carbocycles. The van der Waals surface area contributed by atoms with Gasteiger partial charge in [0.15, 0.2) is 0 Å². The highest BCUT2D eigenvalue weighted by Gasteiger charge is 2.19. The number of aromatic nitrogens is 3. The lowest BCUT2D eigenvalue weighted by molar-refractivity contribution is 0.483. The van der Waals surface area contributed by atoms with Gasteiger partial charge in [-0.1, -0.05) is 102 Å². The minimum atomic E-state index is 0.625. The van der Waals surface area contributed by atoms with Crippen molar-refractivity contribution in [2.45, 2.75) is 6.54 Å². The first-order chi connectivity index (χ1) is 18.3. The maximum atomic E-state index is 6.21. The van der Waals surface area contributed by atoms with Gasteiger partial charge in [-0.05, 0) is 46.2 Å². The third-order valence-corrected chi connectivity index (χ3v) is 6.31. The van der Waals surface area contributed by atoms with Crippen molar-refractivity contribution in [2.75, 3.05) is 0 Å². The summed E-state index contributed by atoms with van der Waals surface area (Å²) >= 11 is 0. The zero-order chi connectivity index (χ0) is 25.0. The van der Waals surface area contributed by atoms with Gasteiger partial charge in [0, 0.05) is 16.7 Å². The highest BCUT2D eigenvalue weighted by Crippen LogP contribution is 2.41. The van der Waals surface area contributed by atoms with Crippen LogP contribution in [0.5, 0.6) is 11.5 Å². The molecule has 4 nitrogen and oxygen atoms in total. The van der Waals surface area contributed by atoms with Crippen LogP contribution in [0.15, 0.2) is 121 Å². The van der Waals surface area contributed by atoms with Gasteiger partial charge in [0.05, 0.1) is 12.7 Å². The lowest BCUT2D eigenvalue weighted by Crippen LogP contribution is -1.99. The van der Waals surface area contributed by atoms with Crippen molar-refractivity contribution in [2.24, 2.45) is 0 Å². The first-order valence-electron chi connectivity index (χ1n) is 12.1. The van der Waals surface area contributed by atoms with Gasteiger partial charge < -0.3 is 4.74 Å². The van der Waals surface area contributed by atoms with E-state index in [2.05, 4.69) is 58.7 Å². The normalized spacial score (nSPS) is 10.8. The van der Waals surface area contributed by atoms with E-state index in [-0.39, 0.29) is 0 Å². The molecule has 0 saturated heterocycles. The fraction of sp³-hybridized carbons (Fsp3) is 0.0303. The van der Waals surface area contributed by atoms with E-state index in [1.165, 1.54) is 0 Å². The van der Waals surface area contributed by atoms with Crippen LogP contribution < -0.4 is 4.74 Å². The predicted molar refractivity (Wildman–Crippen MR) is 148 cm³/mol. The zero-order valence-corrected chi connectivity index (χ0v) is 20.1. The third-order valence-electron chi connectivity index (χ3n) is 6.31. The first-order valence-corrected chi connectivity index (χ1v) is 12.1. The second-order valence-electron chi connectivity index (χ2n) is 8.77. The van der Waals surface area contributed by atoms with E-state index in [1.807, 2.05) is 83.7 Å². The molecule has 4 heteroatoms. The number of hydrogen-bond donors (Lipinski definition) is 0. The van der Waals surface area contributed by atoms with E-state index in [4.69, 9.17) is 11.2 Å². The standard InChI is InChI=1S/C33H23N3O/c1-2-25-20-28(37-27-16-7-4-8-17-27)21-31(32-23-36(35-34-32)22-24-12-5-3-6-13-24)33(25)30-19-11-15-26-14-9-10-18-29(26)30/h1,3-21,23H,22H2. The van der Waals surface area contributed by atoms with Gasteiger partial charge in [-0.2, -0.15) is 0 Å². The molecule has 0 bridgehead atoms. The molecule has 1 heterocycles. The van der Waals surface area contributed by atoms with E-state index in [0.717, 1.165) is 50.0 Å². The number of benzene rings is 5. The molecule has 0 amide bonds. The Morgan fingerprint density at radius 3 is 2.27 bits per heavy atom. The summed E-state index contributed by atoms with van der Waals surface area (Å²) in [5.41, 5.74) is 5.47. The number of fused-ring (bicyclic) bond motifs is 1. The van der Waals surface area contributed by atoms with Gasteiger partial charge in [-0.25, -0.2) is 4.68 Å². The van der Waals surface area contributed by atoms with Crippen LogP contribution in [-0.4, -0.2) is 15.0 Å². The molecule has 0 aliphatic heterocycles. The largest absolute Gasteiger partial charge is 0.457 e. The summed E-state index contributed by atoms with van der Waals surface area (Å²) in [4.78, 5) is 0. The number of hydrogen-bond acceptors (Lipinski definition) is 3. The topological polar surface area (TPSA) is 39.9 Å². The number of rotatable bonds is 6. The Kier molecular flexibility index (Phi) is 5.94. The van der Waals surface area contributed by atoms with Gasteiger partial charge >= 0.3 is 0 Å². The van der Waals surface area contributed by atoms with Gasteiger partial charge in [0.25, 0.3) is 0 Å². The number of nitrogens with zero attached hydrogens (tertiary/aromatic N) is 3. The number of terminal acetylenes is 1. The maximum absolute atomic E-state index is 6.21. The molecule has 0 unspecified atom stereocenters. The minimum absolute atomic E-state index is 0.625. The van der Waals surface area contributed by atoms with Crippen LogP contribution >= 0.6 is 0 Å². The Labute approximate surface area is 215 Å². The molecule has 0 aliphatic carbocycles. The molecule has 6 aromatic rings. The molecule has 1 aromatic heterocycles. The van der Waals surface area contributed by atoms with Crippen molar-refractivity contribution in [3.05, 3.63) is 133 Å².